The SMILES string of the molecule is O=C(c1ccc2[nH]ccc2c1)N1C[C@H]2CC[C@@H]1CN(C1CCOCC1)C2. The Morgan fingerprint density at radius 1 is 1.00 bits per heavy atom. The van der Waals surface area contributed by atoms with Crippen molar-refractivity contribution in [2.75, 3.05) is 32.8 Å². The standard InChI is InChI=1S/C21H27N3O2/c25-21(17-2-4-20-16(11-17)5-8-22-20)24-13-15-1-3-19(24)14-23(12-15)18-6-9-26-10-7-18/h2,4-5,8,11,15,18-19,22H,1,3,6-7,9-10,12-14H2/t15-,19+/m0/s1. The monoisotopic (exact) mass is 353 g/mol. The lowest BCUT2D eigenvalue weighted by Gasteiger charge is -2.37. The first-order valence-corrected chi connectivity index (χ1v) is 9.98. The van der Waals surface area contributed by atoms with Crippen molar-refractivity contribution in [3.05, 3.63) is 36.0 Å². The lowest BCUT2D eigenvalue weighted by Crippen LogP contribution is -2.48. The van der Waals surface area contributed by atoms with Gasteiger partial charge in [-0.25, -0.2) is 0 Å². The molecule has 1 N–H and O–H groups in total. The number of fused-ring (bicyclic) bond motifs is 5. The Kier molecular flexibility index (Phi) is 4.21. The predicted octanol–water partition coefficient (Wildman–Crippen LogP) is 2.88. The van der Waals surface area contributed by atoms with E-state index in [0.717, 1.165) is 68.6 Å². The normalized spacial score (nSPS) is 27.8. The van der Waals surface area contributed by atoms with E-state index in [0.29, 0.717) is 18.0 Å². The third kappa shape index (κ3) is 2.93. The maximum Gasteiger partial charge on any atom is 0.254 e. The number of rotatable bonds is 2. The molecule has 5 heterocycles. The van der Waals surface area contributed by atoms with Crippen LogP contribution in [0.3, 0.4) is 0 Å². The number of amides is 1. The molecule has 0 aliphatic carbocycles. The molecule has 2 atom stereocenters. The van der Waals surface area contributed by atoms with E-state index in [4.69, 9.17) is 4.74 Å². The minimum absolute atomic E-state index is 0.205. The van der Waals surface area contributed by atoms with Gasteiger partial charge in [0.1, 0.15) is 0 Å². The molecule has 0 unspecified atom stereocenters. The van der Waals surface area contributed by atoms with Crippen molar-refractivity contribution in [3.8, 4) is 0 Å². The molecule has 4 fully saturated rings. The van der Waals surface area contributed by atoms with Crippen LogP contribution in [0, 0.1) is 5.92 Å². The number of benzene rings is 1. The third-order valence-electron chi connectivity index (χ3n) is 6.51. The number of H-pyrrole nitrogens is 1. The third-order valence-corrected chi connectivity index (χ3v) is 6.51. The fourth-order valence-electron chi connectivity index (χ4n) is 5.07. The first-order chi connectivity index (χ1) is 12.8. The molecule has 4 saturated heterocycles. The highest BCUT2D eigenvalue weighted by Gasteiger charge is 2.39. The van der Waals surface area contributed by atoms with Crippen LogP contribution in [-0.2, 0) is 4.74 Å². The van der Waals surface area contributed by atoms with E-state index in [1.807, 2.05) is 30.5 Å². The Morgan fingerprint density at radius 2 is 1.88 bits per heavy atom. The van der Waals surface area contributed by atoms with E-state index < -0.39 is 0 Å². The average molecular weight is 353 g/mol. The summed E-state index contributed by atoms with van der Waals surface area (Å²) >= 11 is 0. The lowest BCUT2D eigenvalue weighted by atomic mass is 9.94. The minimum Gasteiger partial charge on any atom is -0.381 e. The van der Waals surface area contributed by atoms with Crippen LogP contribution >= 0.6 is 0 Å². The Morgan fingerprint density at radius 3 is 2.77 bits per heavy atom. The van der Waals surface area contributed by atoms with Crippen LogP contribution in [0.2, 0.25) is 0 Å². The smallest absolute Gasteiger partial charge is 0.254 e. The molecule has 5 nitrogen and oxygen atoms in total. The maximum absolute atomic E-state index is 13.3. The molecule has 2 aromatic rings. The zero-order valence-corrected chi connectivity index (χ0v) is 15.2. The molecular weight excluding hydrogens is 326 g/mol. The predicted molar refractivity (Wildman–Crippen MR) is 101 cm³/mol. The Balaban J connectivity index is 1.36. The molecule has 5 heteroatoms. The van der Waals surface area contributed by atoms with Gasteiger partial charge in [-0.2, -0.15) is 0 Å². The zero-order valence-electron chi connectivity index (χ0n) is 15.2. The maximum atomic E-state index is 13.3. The summed E-state index contributed by atoms with van der Waals surface area (Å²) in [6, 6.07) is 9.04. The van der Waals surface area contributed by atoms with Crippen molar-refractivity contribution in [2.45, 2.75) is 37.8 Å². The van der Waals surface area contributed by atoms with Crippen LogP contribution in [0.4, 0.5) is 0 Å². The van der Waals surface area contributed by atoms with Crippen LogP contribution in [-0.4, -0.2) is 65.6 Å². The zero-order chi connectivity index (χ0) is 17.5. The van der Waals surface area contributed by atoms with Gasteiger partial charge in [-0.15, -0.1) is 0 Å². The number of nitrogens with zero attached hydrogens (tertiary/aromatic N) is 2. The van der Waals surface area contributed by atoms with Gasteiger partial charge in [-0.1, -0.05) is 0 Å². The van der Waals surface area contributed by atoms with Gasteiger partial charge in [0.25, 0.3) is 5.91 Å². The van der Waals surface area contributed by atoms with E-state index in [1.54, 1.807) is 0 Å². The molecule has 26 heavy (non-hydrogen) atoms. The number of hydrogen-bond donors (Lipinski definition) is 1. The van der Waals surface area contributed by atoms with Crippen LogP contribution in [0.25, 0.3) is 10.9 Å². The molecular formula is C21H27N3O2. The summed E-state index contributed by atoms with van der Waals surface area (Å²) < 4.78 is 5.54. The summed E-state index contributed by atoms with van der Waals surface area (Å²) in [5.41, 5.74) is 1.91. The quantitative estimate of drug-likeness (QED) is 0.903. The number of carbonyl (C=O) groups is 1. The average Bonchev–Trinajstić information content (AvgIpc) is 2.97. The Bertz CT molecular complexity index is 795. The Hall–Kier alpha value is -1.85. The van der Waals surface area contributed by atoms with Gasteiger partial charge in [-0.05, 0) is 55.9 Å². The molecule has 4 aliphatic rings. The molecule has 1 amide bonds. The minimum atomic E-state index is 0.205. The van der Waals surface area contributed by atoms with Crippen molar-refractivity contribution in [3.63, 3.8) is 0 Å². The van der Waals surface area contributed by atoms with Gasteiger partial charge in [0, 0.05) is 67.6 Å². The van der Waals surface area contributed by atoms with E-state index in [-0.39, 0.29) is 5.91 Å². The van der Waals surface area contributed by atoms with E-state index in [9.17, 15) is 4.79 Å². The van der Waals surface area contributed by atoms with Gasteiger partial charge >= 0.3 is 0 Å². The fraction of sp³-hybridized carbons (Fsp3) is 0.571. The second-order valence-electron chi connectivity index (χ2n) is 8.13. The number of nitrogens with one attached hydrogen (secondary N) is 1. The summed E-state index contributed by atoms with van der Waals surface area (Å²) in [5, 5.41) is 1.11. The van der Waals surface area contributed by atoms with Gasteiger partial charge < -0.3 is 14.6 Å². The molecule has 0 radical (unpaired) electrons. The Labute approximate surface area is 154 Å². The molecule has 1 aromatic heterocycles. The van der Waals surface area contributed by atoms with Crippen molar-refractivity contribution < 1.29 is 9.53 Å². The number of aromatic nitrogens is 1. The second-order valence-corrected chi connectivity index (χ2v) is 8.13. The highest BCUT2D eigenvalue weighted by molar-refractivity contribution is 5.98. The highest BCUT2D eigenvalue weighted by Crippen LogP contribution is 2.32. The first kappa shape index (κ1) is 16.3. The van der Waals surface area contributed by atoms with Crippen LogP contribution in [0.1, 0.15) is 36.0 Å². The number of ether oxygens (including phenoxy) is 1. The molecule has 6 rings (SSSR count). The van der Waals surface area contributed by atoms with E-state index >= 15 is 0 Å². The highest BCUT2D eigenvalue weighted by atomic mass is 16.5. The van der Waals surface area contributed by atoms with Crippen molar-refractivity contribution in [1.29, 1.82) is 0 Å². The summed E-state index contributed by atoms with van der Waals surface area (Å²) in [4.78, 5) is 21.3. The van der Waals surface area contributed by atoms with Crippen LogP contribution in [0.5, 0.6) is 0 Å². The molecule has 0 saturated carbocycles. The van der Waals surface area contributed by atoms with Gasteiger partial charge in [0.2, 0.25) is 0 Å². The van der Waals surface area contributed by atoms with E-state index in [2.05, 4.69) is 14.8 Å². The van der Waals surface area contributed by atoms with Gasteiger partial charge in [0.05, 0.1) is 0 Å². The topological polar surface area (TPSA) is 48.6 Å². The molecule has 2 bridgehead atoms. The second kappa shape index (κ2) is 6.71. The number of aromatic amines is 1. The molecule has 0 spiro atoms. The molecule has 1 aromatic carbocycles. The molecule has 4 aliphatic heterocycles. The van der Waals surface area contributed by atoms with Crippen LogP contribution in [0.15, 0.2) is 30.5 Å². The largest absolute Gasteiger partial charge is 0.381 e. The summed E-state index contributed by atoms with van der Waals surface area (Å²) in [6.45, 7) is 4.85. The molecule has 138 valence electrons. The number of carbonyl (C=O) groups excluding carboxylic acids is 1. The fourth-order valence-corrected chi connectivity index (χ4v) is 5.07. The van der Waals surface area contributed by atoms with Crippen molar-refractivity contribution >= 4 is 16.8 Å². The van der Waals surface area contributed by atoms with Gasteiger partial charge in [0.15, 0.2) is 0 Å². The lowest BCUT2D eigenvalue weighted by molar-refractivity contribution is 0.0304. The van der Waals surface area contributed by atoms with E-state index in [1.165, 1.54) is 6.42 Å². The number of hydrogen-bond acceptors (Lipinski definition) is 3. The van der Waals surface area contributed by atoms with Crippen molar-refractivity contribution in [1.82, 2.24) is 14.8 Å². The summed E-state index contributed by atoms with van der Waals surface area (Å²) in [6.07, 6.45) is 6.60. The first-order valence-electron chi connectivity index (χ1n) is 9.98. The van der Waals surface area contributed by atoms with Crippen LogP contribution < -0.4 is 0 Å². The summed E-state index contributed by atoms with van der Waals surface area (Å²) in [5.74, 6) is 0.813. The van der Waals surface area contributed by atoms with Gasteiger partial charge in [-0.3, -0.25) is 9.69 Å². The van der Waals surface area contributed by atoms with Crippen molar-refractivity contribution in [2.24, 2.45) is 5.92 Å². The summed E-state index contributed by atoms with van der Waals surface area (Å²) in [7, 11) is 0. The number of piperidine rings is 1.